The Morgan fingerprint density at radius 3 is 2.14 bits per heavy atom. The van der Waals surface area contributed by atoms with Gasteiger partial charge in [0, 0.05) is 6.54 Å². The molecule has 0 spiro atoms. The van der Waals surface area contributed by atoms with Gasteiger partial charge in [0.2, 0.25) is 10.0 Å². The maximum Gasteiger partial charge on any atom is 0.240 e. The number of benzene rings is 1. The predicted molar refractivity (Wildman–Crippen MR) is 55.5 cm³/mol. The summed E-state index contributed by atoms with van der Waals surface area (Å²) < 4.78 is 25.0. The molecule has 0 aromatic heterocycles. The van der Waals surface area contributed by atoms with Crippen LogP contribution in [-0.4, -0.2) is 22.5 Å². The van der Waals surface area contributed by atoms with Gasteiger partial charge in [-0.3, -0.25) is 0 Å². The minimum absolute atomic E-state index is 0.292. The molecule has 0 amide bonds. The van der Waals surface area contributed by atoms with E-state index in [9.17, 15) is 8.42 Å². The summed E-state index contributed by atoms with van der Waals surface area (Å²) in [5, 5.41) is 2.99. The van der Waals surface area contributed by atoms with Gasteiger partial charge in [0.05, 0.1) is 4.90 Å². The highest BCUT2D eigenvalue weighted by Gasteiger charge is 2.09. The first-order chi connectivity index (χ1) is 6.60. The first-order valence-corrected chi connectivity index (χ1v) is 5.75. The van der Waals surface area contributed by atoms with Crippen molar-refractivity contribution < 1.29 is 8.42 Å². The maximum atomic E-state index is 11.3. The molecule has 0 saturated heterocycles. The van der Waals surface area contributed by atoms with Gasteiger partial charge in [-0.25, -0.2) is 13.1 Å². The van der Waals surface area contributed by atoms with Crippen molar-refractivity contribution in [2.24, 2.45) is 0 Å². The van der Waals surface area contributed by atoms with Crippen LogP contribution in [0.25, 0.3) is 0 Å². The topological polar surface area (TPSA) is 58.2 Å². The summed E-state index contributed by atoms with van der Waals surface area (Å²) in [6.45, 7) is 0.736. The van der Waals surface area contributed by atoms with E-state index in [1.807, 2.05) is 7.05 Å². The van der Waals surface area contributed by atoms with Gasteiger partial charge in [-0.15, -0.1) is 0 Å². The van der Waals surface area contributed by atoms with Gasteiger partial charge in [-0.2, -0.15) is 0 Å². The van der Waals surface area contributed by atoms with Crippen molar-refractivity contribution in [2.75, 3.05) is 14.1 Å². The van der Waals surface area contributed by atoms with Crippen LogP contribution in [0.4, 0.5) is 0 Å². The molecule has 0 heterocycles. The van der Waals surface area contributed by atoms with Crippen LogP contribution in [0.5, 0.6) is 0 Å². The highest BCUT2D eigenvalue weighted by Crippen LogP contribution is 2.09. The summed E-state index contributed by atoms with van der Waals surface area (Å²) in [5.74, 6) is 0. The molecule has 0 aliphatic carbocycles. The number of nitrogens with one attached hydrogen (secondary N) is 2. The van der Waals surface area contributed by atoms with Gasteiger partial charge in [0.25, 0.3) is 0 Å². The van der Waals surface area contributed by atoms with E-state index >= 15 is 0 Å². The minimum atomic E-state index is -3.30. The molecule has 1 rings (SSSR count). The smallest absolute Gasteiger partial charge is 0.240 e. The van der Waals surface area contributed by atoms with E-state index in [-0.39, 0.29) is 0 Å². The van der Waals surface area contributed by atoms with E-state index in [2.05, 4.69) is 10.0 Å². The lowest BCUT2D eigenvalue weighted by Crippen LogP contribution is -2.18. The van der Waals surface area contributed by atoms with E-state index < -0.39 is 10.0 Å². The largest absolute Gasteiger partial charge is 0.316 e. The van der Waals surface area contributed by atoms with Gasteiger partial charge in [0.1, 0.15) is 0 Å². The molecule has 0 aliphatic rings. The van der Waals surface area contributed by atoms with E-state index in [0.717, 1.165) is 12.1 Å². The lowest BCUT2D eigenvalue weighted by molar-refractivity contribution is 0.588. The molecule has 1 aromatic carbocycles. The molecule has 0 radical (unpaired) electrons. The fraction of sp³-hybridized carbons (Fsp3) is 0.333. The molecule has 5 heteroatoms. The molecule has 0 saturated carbocycles. The van der Waals surface area contributed by atoms with Crippen molar-refractivity contribution >= 4 is 10.0 Å². The summed E-state index contributed by atoms with van der Waals surface area (Å²) in [6.07, 6.45) is 0. The van der Waals surface area contributed by atoms with Crippen LogP contribution in [0, 0.1) is 0 Å². The predicted octanol–water partition coefficient (Wildman–Crippen LogP) is 0.314. The van der Waals surface area contributed by atoms with Crippen molar-refractivity contribution in [1.82, 2.24) is 10.0 Å². The Kier molecular flexibility index (Phi) is 3.62. The van der Waals surface area contributed by atoms with Crippen LogP contribution in [0.2, 0.25) is 0 Å². The Balaban J connectivity index is 2.94. The first kappa shape index (κ1) is 11.2. The number of hydrogen-bond donors (Lipinski definition) is 2. The molecule has 4 nitrogen and oxygen atoms in total. The van der Waals surface area contributed by atoms with Gasteiger partial charge in [-0.1, -0.05) is 12.1 Å². The standard InChI is InChI=1S/C9H14N2O2S/c1-10-7-8-3-5-9(6-4-8)14(12,13)11-2/h3-6,10-11H,7H2,1-2H3. The molecule has 0 fully saturated rings. The number of rotatable bonds is 4. The lowest BCUT2D eigenvalue weighted by Gasteiger charge is -2.03. The van der Waals surface area contributed by atoms with Crippen LogP contribution in [0.1, 0.15) is 5.56 Å². The van der Waals surface area contributed by atoms with E-state index in [0.29, 0.717) is 4.90 Å². The molecule has 0 unspecified atom stereocenters. The average Bonchev–Trinajstić information content (AvgIpc) is 2.19. The zero-order chi connectivity index (χ0) is 10.6. The zero-order valence-corrected chi connectivity index (χ0v) is 9.06. The molecule has 78 valence electrons. The molecule has 0 aliphatic heterocycles. The quantitative estimate of drug-likeness (QED) is 0.758. The lowest BCUT2D eigenvalue weighted by atomic mass is 10.2. The second-order valence-electron chi connectivity index (χ2n) is 2.88. The molecular formula is C9H14N2O2S. The summed E-state index contributed by atoms with van der Waals surface area (Å²) in [6, 6.07) is 6.78. The average molecular weight is 214 g/mol. The second-order valence-corrected chi connectivity index (χ2v) is 4.77. The fourth-order valence-electron chi connectivity index (χ4n) is 1.11. The molecular weight excluding hydrogens is 200 g/mol. The van der Waals surface area contributed by atoms with Gasteiger partial charge in [-0.05, 0) is 31.8 Å². The SMILES string of the molecule is CNCc1ccc(S(=O)(=O)NC)cc1. The maximum absolute atomic E-state index is 11.3. The van der Waals surface area contributed by atoms with Gasteiger partial charge >= 0.3 is 0 Å². The zero-order valence-electron chi connectivity index (χ0n) is 8.24. The van der Waals surface area contributed by atoms with Crippen molar-refractivity contribution in [3.8, 4) is 0 Å². The number of sulfonamides is 1. The third-order valence-corrected chi connectivity index (χ3v) is 3.31. The monoisotopic (exact) mass is 214 g/mol. The van der Waals surface area contributed by atoms with Crippen LogP contribution >= 0.6 is 0 Å². The van der Waals surface area contributed by atoms with Gasteiger partial charge in [0.15, 0.2) is 0 Å². The highest BCUT2D eigenvalue weighted by molar-refractivity contribution is 7.89. The molecule has 2 N–H and O–H groups in total. The molecule has 14 heavy (non-hydrogen) atoms. The third-order valence-electron chi connectivity index (χ3n) is 1.88. The van der Waals surface area contributed by atoms with Crippen molar-refractivity contribution in [2.45, 2.75) is 11.4 Å². The Morgan fingerprint density at radius 1 is 1.14 bits per heavy atom. The summed E-state index contributed by atoms with van der Waals surface area (Å²) in [5.41, 5.74) is 1.06. The Morgan fingerprint density at radius 2 is 1.71 bits per heavy atom. The normalized spacial score (nSPS) is 11.6. The number of hydrogen-bond acceptors (Lipinski definition) is 3. The van der Waals surface area contributed by atoms with E-state index in [1.54, 1.807) is 24.3 Å². The molecule has 1 aromatic rings. The highest BCUT2D eigenvalue weighted by atomic mass is 32.2. The second kappa shape index (κ2) is 4.54. The third kappa shape index (κ3) is 2.54. The van der Waals surface area contributed by atoms with E-state index in [1.165, 1.54) is 7.05 Å². The Bertz CT molecular complexity index is 384. The Labute approximate surface area is 84.4 Å². The molecule has 0 atom stereocenters. The minimum Gasteiger partial charge on any atom is -0.316 e. The van der Waals surface area contributed by atoms with Crippen LogP contribution < -0.4 is 10.0 Å². The van der Waals surface area contributed by atoms with Crippen LogP contribution in [-0.2, 0) is 16.6 Å². The first-order valence-electron chi connectivity index (χ1n) is 4.27. The van der Waals surface area contributed by atoms with Crippen molar-refractivity contribution in [3.63, 3.8) is 0 Å². The van der Waals surface area contributed by atoms with Crippen LogP contribution in [0.3, 0.4) is 0 Å². The fourth-order valence-corrected chi connectivity index (χ4v) is 1.84. The van der Waals surface area contributed by atoms with Crippen molar-refractivity contribution in [3.05, 3.63) is 29.8 Å². The Hall–Kier alpha value is -0.910. The summed E-state index contributed by atoms with van der Waals surface area (Å²) in [4.78, 5) is 0.292. The van der Waals surface area contributed by atoms with E-state index in [4.69, 9.17) is 0 Å². The summed E-state index contributed by atoms with van der Waals surface area (Å²) in [7, 11) is -0.0552. The van der Waals surface area contributed by atoms with Crippen LogP contribution in [0.15, 0.2) is 29.2 Å². The summed E-state index contributed by atoms with van der Waals surface area (Å²) >= 11 is 0. The van der Waals surface area contributed by atoms with Gasteiger partial charge < -0.3 is 5.32 Å². The molecule has 0 bridgehead atoms. The van der Waals surface area contributed by atoms with Crippen molar-refractivity contribution in [1.29, 1.82) is 0 Å².